The van der Waals surface area contributed by atoms with Gasteiger partial charge in [0.1, 0.15) is 0 Å². The van der Waals surface area contributed by atoms with Gasteiger partial charge in [-0.25, -0.2) is 0 Å². The average molecular weight is 175 g/mol. The number of Topliss-reactive ketones (excluding diaryl/α,β-unsaturated/α-hetero) is 1. The van der Waals surface area contributed by atoms with Crippen molar-refractivity contribution < 1.29 is 4.79 Å². The summed E-state index contributed by atoms with van der Waals surface area (Å²) in [4.78, 5) is 11.2. The zero-order valence-electron chi connectivity index (χ0n) is 7.71. The molecule has 1 fully saturated rings. The fourth-order valence-electron chi connectivity index (χ4n) is 1.65. The second kappa shape index (κ2) is 2.96. The monoisotopic (exact) mass is 175 g/mol. The minimum absolute atomic E-state index is 0.235. The first-order chi connectivity index (χ1) is 6.27. The molecule has 1 unspecified atom stereocenters. The maximum atomic E-state index is 11.2. The lowest BCUT2D eigenvalue weighted by Crippen LogP contribution is -2.32. The molecule has 68 valence electrons. The molecule has 0 heterocycles. The van der Waals surface area contributed by atoms with Gasteiger partial charge in [0.05, 0.1) is 5.54 Å². The highest BCUT2D eigenvalue weighted by Crippen LogP contribution is 2.33. The molecule has 1 aliphatic rings. The predicted octanol–water partition coefficient (Wildman–Crippen LogP) is 1.16. The van der Waals surface area contributed by atoms with Crippen LogP contribution < -0.4 is 5.32 Å². The molecule has 1 N–H and O–H groups in total. The SMILES string of the molecule is CNC1(Cc2ccccc2)CC1=O. The van der Waals surface area contributed by atoms with E-state index in [1.807, 2.05) is 25.2 Å². The number of nitrogens with one attached hydrogen (secondary N) is 1. The summed E-state index contributed by atoms with van der Waals surface area (Å²) in [5, 5.41) is 3.10. The van der Waals surface area contributed by atoms with Gasteiger partial charge < -0.3 is 5.32 Å². The molecule has 0 aromatic heterocycles. The number of benzene rings is 1. The van der Waals surface area contributed by atoms with E-state index in [0.717, 1.165) is 6.42 Å². The van der Waals surface area contributed by atoms with Crippen LogP contribution in [-0.2, 0) is 11.2 Å². The topological polar surface area (TPSA) is 29.1 Å². The van der Waals surface area contributed by atoms with E-state index < -0.39 is 0 Å². The Kier molecular flexibility index (Phi) is 1.93. The van der Waals surface area contributed by atoms with Crippen molar-refractivity contribution in [1.82, 2.24) is 5.32 Å². The lowest BCUT2D eigenvalue weighted by molar-refractivity contribution is -0.111. The highest BCUT2D eigenvalue weighted by Gasteiger charge is 2.52. The minimum Gasteiger partial charge on any atom is -0.307 e. The van der Waals surface area contributed by atoms with E-state index >= 15 is 0 Å². The van der Waals surface area contributed by atoms with E-state index in [1.54, 1.807) is 0 Å². The zero-order chi connectivity index (χ0) is 9.31. The van der Waals surface area contributed by atoms with Crippen molar-refractivity contribution in [3.8, 4) is 0 Å². The zero-order valence-corrected chi connectivity index (χ0v) is 7.71. The van der Waals surface area contributed by atoms with Crippen LogP contribution in [0.5, 0.6) is 0 Å². The Labute approximate surface area is 78.0 Å². The quantitative estimate of drug-likeness (QED) is 0.747. The van der Waals surface area contributed by atoms with Crippen LogP contribution in [0.4, 0.5) is 0 Å². The van der Waals surface area contributed by atoms with Crippen LogP contribution >= 0.6 is 0 Å². The number of ketones is 1. The third kappa shape index (κ3) is 1.49. The Morgan fingerprint density at radius 2 is 2.00 bits per heavy atom. The van der Waals surface area contributed by atoms with Gasteiger partial charge in [-0.05, 0) is 19.0 Å². The van der Waals surface area contributed by atoms with Crippen molar-refractivity contribution in [3.05, 3.63) is 35.9 Å². The Balaban J connectivity index is 2.11. The summed E-state index contributed by atoms with van der Waals surface area (Å²) in [5.74, 6) is 0.332. The van der Waals surface area contributed by atoms with Gasteiger partial charge in [-0.15, -0.1) is 0 Å². The summed E-state index contributed by atoms with van der Waals surface area (Å²) in [6.45, 7) is 0. The summed E-state index contributed by atoms with van der Waals surface area (Å²) in [6, 6.07) is 10.1. The fourth-order valence-corrected chi connectivity index (χ4v) is 1.65. The van der Waals surface area contributed by atoms with Gasteiger partial charge in [-0.1, -0.05) is 30.3 Å². The van der Waals surface area contributed by atoms with Crippen LogP contribution in [0.25, 0.3) is 0 Å². The summed E-state index contributed by atoms with van der Waals surface area (Å²) >= 11 is 0. The predicted molar refractivity (Wildman–Crippen MR) is 51.6 cm³/mol. The number of hydrogen-bond donors (Lipinski definition) is 1. The third-order valence-corrected chi connectivity index (χ3v) is 2.70. The lowest BCUT2D eigenvalue weighted by Gasteiger charge is -2.10. The van der Waals surface area contributed by atoms with Crippen molar-refractivity contribution in [1.29, 1.82) is 0 Å². The number of likely N-dealkylation sites (N-methyl/N-ethyl adjacent to an activating group) is 1. The van der Waals surface area contributed by atoms with Crippen molar-refractivity contribution in [2.24, 2.45) is 0 Å². The molecule has 0 radical (unpaired) electrons. The minimum atomic E-state index is -0.235. The molecule has 0 amide bonds. The Bertz CT molecular complexity index is 320. The largest absolute Gasteiger partial charge is 0.307 e. The number of carbonyl (C=O) groups is 1. The second-order valence-electron chi connectivity index (χ2n) is 3.59. The van der Waals surface area contributed by atoms with Crippen molar-refractivity contribution in [2.75, 3.05) is 7.05 Å². The molecule has 2 rings (SSSR count). The van der Waals surface area contributed by atoms with E-state index in [4.69, 9.17) is 0 Å². The highest BCUT2D eigenvalue weighted by atomic mass is 16.1. The van der Waals surface area contributed by atoms with Gasteiger partial charge >= 0.3 is 0 Å². The van der Waals surface area contributed by atoms with E-state index in [-0.39, 0.29) is 5.54 Å². The van der Waals surface area contributed by atoms with Gasteiger partial charge in [0.25, 0.3) is 0 Å². The van der Waals surface area contributed by atoms with Crippen LogP contribution in [-0.4, -0.2) is 18.4 Å². The molecular formula is C11H13NO. The molecule has 1 atom stereocenters. The average Bonchev–Trinajstić information content (AvgIpc) is 2.79. The lowest BCUT2D eigenvalue weighted by atomic mass is 10.0. The van der Waals surface area contributed by atoms with Crippen LogP contribution in [0.15, 0.2) is 30.3 Å². The van der Waals surface area contributed by atoms with E-state index in [0.29, 0.717) is 12.2 Å². The van der Waals surface area contributed by atoms with Crippen molar-refractivity contribution in [3.63, 3.8) is 0 Å². The Morgan fingerprint density at radius 1 is 1.38 bits per heavy atom. The molecule has 0 saturated heterocycles. The van der Waals surface area contributed by atoms with E-state index in [2.05, 4.69) is 17.4 Å². The fraction of sp³-hybridized carbons (Fsp3) is 0.364. The van der Waals surface area contributed by atoms with Gasteiger partial charge in [0, 0.05) is 6.42 Å². The van der Waals surface area contributed by atoms with Gasteiger partial charge in [-0.2, -0.15) is 0 Å². The van der Waals surface area contributed by atoms with Crippen molar-refractivity contribution >= 4 is 5.78 Å². The molecule has 0 spiro atoms. The first kappa shape index (κ1) is 8.45. The Hall–Kier alpha value is -1.15. The van der Waals surface area contributed by atoms with Crippen LogP contribution in [0.2, 0.25) is 0 Å². The number of rotatable bonds is 3. The first-order valence-corrected chi connectivity index (χ1v) is 4.53. The molecule has 1 aliphatic carbocycles. The normalized spacial score (nSPS) is 26.1. The summed E-state index contributed by atoms with van der Waals surface area (Å²) < 4.78 is 0. The molecule has 0 aliphatic heterocycles. The molecule has 2 heteroatoms. The summed E-state index contributed by atoms with van der Waals surface area (Å²) in [7, 11) is 1.86. The number of carbonyl (C=O) groups excluding carboxylic acids is 1. The maximum Gasteiger partial charge on any atom is 0.155 e. The smallest absolute Gasteiger partial charge is 0.155 e. The summed E-state index contributed by atoms with van der Waals surface area (Å²) in [6.07, 6.45) is 1.50. The second-order valence-corrected chi connectivity index (χ2v) is 3.59. The van der Waals surface area contributed by atoms with Crippen molar-refractivity contribution in [2.45, 2.75) is 18.4 Å². The third-order valence-electron chi connectivity index (χ3n) is 2.70. The first-order valence-electron chi connectivity index (χ1n) is 4.53. The van der Waals surface area contributed by atoms with Gasteiger partial charge in [0.2, 0.25) is 0 Å². The molecule has 1 saturated carbocycles. The van der Waals surface area contributed by atoms with Crippen LogP contribution in [0, 0.1) is 0 Å². The van der Waals surface area contributed by atoms with Crippen LogP contribution in [0.1, 0.15) is 12.0 Å². The van der Waals surface area contributed by atoms with E-state index in [9.17, 15) is 4.79 Å². The van der Waals surface area contributed by atoms with Crippen LogP contribution in [0.3, 0.4) is 0 Å². The number of hydrogen-bond acceptors (Lipinski definition) is 2. The van der Waals surface area contributed by atoms with Gasteiger partial charge in [-0.3, -0.25) is 4.79 Å². The molecule has 0 bridgehead atoms. The highest BCUT2D eigenvalue weighted by molar-refractivity contribution is 6.05. The Morgan fingerprint density at radius 3 is 2.46 bits per heavy atom. The molecular weight excluding hydrogens is 162 g/mol. The summed E-state index contributed by atoms with van der Waals surface area (Å²) in [5.41, 5.74) is 0.990. The maximum absolute atomic E-state index is 11.2. The van der Waals surface area contributed by atoms with Gasteiger partial charge in [0.15, 0.2) is 5.78 Å². The molecule has 13 heavy (non-hydrogen) atoms. The standard InChI is InChI=1S/C11H13NO/c1-12-11(8-10(11)13)7-9-5-3-2-4-6-9/h2-6,12H,7-8H2,1H3. The van der Waals surface area contributed by atoms with E-state index in [1.165, 1.54) is 5.56 Å². The molecule has 2 nitrogen and oxygen atoms in total. The molecule has 1 aromatic rings. The molecule has 1 aromatic carbocycles.